The van der Waals surface area contributed by atoms with Crippen LogP contribution in [-0.2, 0) is 0 Å². The van der Waals surface area contributed by atoms with Gasteiger partial charge in [-0.1, -0.05) is 27.7 Å². The maximum Gasteiger partial charge on any atom is 0.00982 e. The molecule has 0 aromatic heterocycles. The summed E-state index contributed by atoms with van der Waals surface area (Å²) in [6, 6.07) is 0. The van der Waals surface area contributed by atoms with Gasteiger partial charge in [-0.05, 0) is 50.7 Å². The SMILES string of the molecule is C#CCCCN(CCC(C)C)CCC(C)C. The molecule has 0 aromatic carbocycles. The molecule has 94 valence electrons. The van der Waals surface area contributed by atoms with Crippen molar-refractivity contribution in [1.82, 2.24) is 4.90 Å². The van der Waals surface area contributed by atoms with Gasteiger partial charge in [0.2, 0.25) is 0 Å². The lowest BCUT2D eigenvalue weighted by atomic mass is 10.1. The topological polar surface area (TPSA) is 3.24 Å². The third-order valence-electron chi connectivity index (χ3n) is 2.84. The summed E-state index contributed by atoms with van der Waals surface area (Å²) in [5.41, 5.74) is 0. The van der Waals surface area contributed by atoms with Crippen molar-refractivity contribution < 1.29 is 0 Å². The predicted molar refractivity (Wildman–Crippen MR) is 73.4 cm³/mol. The van der Waals surface area contributed by atoms with Crippen molar-refractivity contribution in [3.05, 3.63) is 0 Å². The summed E-state index contributed by atoms with van der Waals surface area (Å²) in [6.07, 6.45) is 9.95. The Morgan fingerprint density at radius 3 is 1.81 bits per heavy atom. The van der Waals surface area contributed by atoms with Crippen molar-refractivity contribution in [1.29, 1.82) is 0 Å². The van der Waals surface area contributed by atoms with E-state index >= 15 is 0 Å². The molecule has 0 fully saturated rings. The van der Waals surface area contributed by atoms with Crippen molar-refractivity contribution in [2.75, 3.05) is 19.6 Å². The third kappa shape index (κ3) is 10.1. The van der Waals surface area contributed by atoms with Crippen LogP contribution in [-0.4, -0.2) is 24.5 Å². The highest BCUT2D eigenvalue weighted by molar-refractivity contribution is 4.83. The van der Waals surface area contributed by atoms with Gasteiger partial charge in [-0.15, -0.1) is 12.3 Å². The predicted octanol–water partition coefficient (Wildman–Crippen LogP) is 3.79. The van der Waals surface area contributed by atoms with E-state index in [0.717, 1.165) is 24.7 Å². The molecular formula is C15H29N. The van der Waals surface area contributed by atoms with Crippen molar-refractivity contribution in [3.8, 4) is 12.3 Å². The standard InChI is InChI=1S/C15H29N/c1-6-7-8-11-16(12-9-14(2)3)13-10-15(4)5/h1,14-15H,7-13H2,2-5H3. The highest BCUT2D eigenvalue weighted by Crippen LogP contribution is 2.07. The number of hydrogen-bond acceptors (Lipinski definition) is 1. The molecule has 0 aliphatic carbocycles. The molecule has 0 saturated heterocycles. The highest BCUT2D eigenvalue weighted by atomic mass is 15.1. The molecule has 0 aliphatic rings. The minimum atomic E-state index is 0.800. The molecule has 0 atom stereocenters. The number of terminal acetylenes is 1. The molecule has 0 rings (SSSR count). The Hall–Kier alpha value is -0.480. The van der Waals surface area contributed by atoms with Gasteiger partial charge in [0, 0.05) is 6.42 Å². The summed E-state index contributed by atoms with van der Waals surface area (Å²) >= 11 is 0. The summed E-state index contributed by atoms with van der Waals surface area (Å²) in [7, 11) is 0. The fourth-order valence-corrected chi connectivity index (χ4v) is 1.62. The van der Waals surface area contributed by atoms with Crippen LogP contribution in [0.15, 0.2) is 0 Å². The molecule has 1 nitrogen and oxygen atoms in total. The summed E-state index contributed by atoms with van der Waals surface area (Å²) in [4.78, 5) is 2.58. The van der Waals surface area contributed by atoms with E-state index in [-0.39, 0.29) is 0 Å². The number of unbranched alkanes of at least 4 members (excludes halogenated alkanes) is 1. The molecule has 0 bridgehead atoms. The first kappa shape index (κ1) is 15.5. The average molecular weight is 223 g/mol. The van der Waals surface area contributed by atoms with Gasteiger partial charge in [0.1, 0.15) is 0 Å². The zero-order chi connectivity index (χ0) is 12.4. The Morgan fingerprint density at radius 1 is 0.938 bits per heavy atom. The molecule has 0 spiro atoms. The van der Waals surface area contributed by atoms with Gasteiger partial charge in [0.15, 0.2) is 0 Å². The van der Waals surface area contributed by atoms with E-state index in [9.17, 15) is 0 Å². The van der Waals surface area contributed by atoms with Crippen LogP contribution in [0.5, 0.6) is 0 Å². The molecule has 0 aliphatic heterocycles. The van der Waals surface area contributed by atoms with Crippen LogP contribution in [0.1, 0.15) is 53.4 Å². The monoisotopic (exact) mass is 223 g/mol. The summed E-state index contributed by atoms with van der Waals surface area (Å²) in [5, 5.41) is 0. The molecule has 1 heteroatoms. The van der Waals surface area contributed by atoms with E-state index in [2.05, 4.69) is 38.5 Å². The molecular weight excluding hydrogens is 194 g/mol. The lowest BCUT2D eigenvalue weighted by Crippen LogP contribution is -2.28. The minimum absolute atomic E-state index is 0.800. The maximum atomic E-state index is 5.29. The van der Waals surface area contributed by atoms with Crippen LogP contribution >= 0.6 is 0 Å². The van der Waals surface area contributed by atoms with E-state index in [4.69, 9.17) is 6.42 Å². The second kappa shape index (κ2) is 9.73. The second-order valence-corrected chi connectivity index (χ2v) is 5.51. The van der Waals surface area contributed by atoms with Crippen molar-refractivity contribution >= 4 is 0 Å². The molecule has 0 saturated carbocycles. The first-order valence-corrected chi connectivity index (χ1v) is 6.72. The molecule has 0 N–H and O–H groups in total. The smallest absolute Gasteiger partial charge is 0.00982 e. The van der Waals surface area contributed by atoms with Gasteiger partial charge in [-0.3, -0.25) is 0 Å². The zero-order valence-corrected chi connectivity index (χ0v) is 11.6. The quantitative estimate of drug-likeness (QED) is 0.424. The Morgan fingerprint density at radius 2 is 1.44 bits per heavy atom. The van der Waals surface area contributed by atoms with Gasteiger partial charge in [-0.25, -0.2) is 0 Å². The summed E-state index contributed by atoms with van der Waals surface area (Å²) in [5.74, 6) is 4.33. The van der Waals surface area contributed by atoms with Gasteiger partial charge in [0.05, 0.1) is 0 Å². The lowest BCUT2D eigenvalue weighted by Gasteiger charge is -2.23. The number of rotatable bonds is 9. The Labute approximate surface area is 103 Å². The first-order valence-electron chi connectivity index (χ1n) is 6.72. The highest BCUT2D eigenvalue weighted by Gasteiger charge is 2.06. The van der Waals surface area contributed by atoms with Gasteiger partial charge in [-0.2, -0.15) is 0 Å². The Kier molecular flexibility index (Phi) is 9.43. The third-order valence-corrected chi connectivity index (χ3v) is 2.84. The van der Waals surface area contributed by atoms with Gasteiger partial charge >= 0.3 is 0 Å². The normalized spacial score (nSPS) is 11.4. The van der Waals surface area contributed by atoms with E-state index < -0.39 is 0 Å². The van der Waals surface area contributed by atoms with Crippen LogP contribution in [0.3, 0.4) is 0 Å². The minimum Gasteiger partial charge on any atom is -0.303 e. The zero-order valence-electron chi connectivity index (χ0n) is 11.6. The van der Waals surface area contributed by atoms with Gasteiger partial charge in [0.25, 0.3) is 0 Å². The molecule has 0 radical (unpaired) electrons. The number of nitrogens with zero attached hydrogens (tertiary/aromatic N) is 1. The van der Waals surface area contributed by atoms with Crippen molar-refractivity contribution in [3.63, 3.8) is 0 Å². The molecule has 0 unspecified atom stereocenters. The van der Waals surface area contributed by atoms with E-state index in [1.54, 1.807) is 0 Å². The van der Waals surface area contributed by atoms with Crippen LogP contribution < -0.4 is 0 Å². The summed E-state index contributed by atoms with van der Waals surface area (Å²) < 4.78 is 0. The maximum absolute atomic E-state index is 5.29. The van der Waals surface area contributed by atoms with Crippen molar-refractivity contribution in [2.24, 2.45) is 11.8 Å². The largest absolute Gasteiger partial charge is 0.303 e. The molecule has 0 amide bonds. The van der Waals surface area contributed by atoms with Crippen LogP contribution in [0, 0.1) is 24.2 Å². The average Bonchev–Trinajstić information content (AvgIpc) is 2.21. The first-order chi connectivity index (χ1) is 7.56. The fraction of sp³-hybridized carbons (Fsp3) is 0.867. The van der Waals surface area contributed by atoms with Gasteiger partial charge < -0.3 is 4.90 Å². The molecule has 0 heterocycles. The Balaban J connectivity index is 3.81. The fourth-order valence-electron chi connectivity index (χ4n) is 1.62. The number of hydrogen-bond donors (Lipinski definition) is 0. The molecule has 16 heavy (non-hydrogen) atoms. The van der Waals surface area contributed by atoms with E-state index in [1.807, 2.05) is 0 Å². The second-order valence-electron chi connectivity index (χ2n) is 5.51. The molecule has 0 aromatic rings. The van der Waals surface area contributed by atoms with Crippen LogP contribution in [0.4, 0.5) is 0 Å². The van der Waals surface area contributed by atoms with Crippen molar-refractivity contribution in [2.45, 2.75) is 53.4 Å². The lowest BCUT2D eigenvalue weighted by molar-refractivity contribution is 0.242. The van der Waals surface area contributed by atoms with E-state index in [1.165, 1.54) is 32.5 Å². The van der Waals surface area contributed by atoms with Crippen LogP contribution in [0.2, 0.25) is 0 Å². The summed E-state index contributed by atoms with van der Waals surface area (Å²) in [6.45, 7) is 12.8. The van der Waals surface area contributed by atoms with Crippen LogP contribution in [0.25, 0.3) is 0 Å². The van der Waals surface area contributed by atoms with E-state index in [0.29, 0.717) is 0 Å². The Bertz CT molecular complexity index is 176.